The predicted octanol–water partition coefficient (Wildman–Crippen LogP) is 0.478. The van der Waals surface area contributed by atoms with Crippen molar-refractivity contribution in [1.82, 2.24) is 0 Å². The van der Waals surface area contributed by atoms with Crippen LogP contribution in [-0.2, 0) is 9.53 Å². The molecular weight excluding hydrogens is 164 g/mol. The van der Waals surface area contributed by atoms with Crippen LogP contribution in [0.2, 0.25) is 0 Å². The molecule has 0 aromatic rings. The van der Waals surface area contributed by atoms with Gasteiger partial charge in [-0.25, -0.2) is 0 Å². The number of hydrogen-bond acceptors (Lipinski definition) is 4. The minimum absolute atomic E-state index is 0.0954. The zero-order valence-corrected chi connectivity index (χ0v) is 7.51. The highest BCUT2D eigenvalue weighted by Gasteiger charge is 2.07. The predicted molar refractivity (Wildman–Crippen MR) is 45.7 cm³/mol. The zero-order chi connectivity index (χ0) is 8.69. The molecule has 0 saturated heterocycles. The highest BCUT2D eigenvalue weighted by Crippen LogP contribution is 2.04. The molecule has 0 amide bonds. The highest BCUT2D eigenvalue weighted by molar-refractivity contribution is 7.80. The number of esters is 1. The summed E-state index contributed by atoms with van der Waals surface area (Å²) in [5, 5.41) is 8.31. The number of aliphatic hydroxyl groups excluding tert-OH is 1. The van der Waals surface area contributed by atoms with E-state index in [4.69, 9.17) is 5.11 Å². The fourth-order valence-electron chi connectivity index (χ4n) is 0.567. The molecule has 0 aromatic carbocycles. The molecule has 11 heavy (non-hydrogen) atoms. The largest absolute Gasteiger partial charge is 0.463 e. The second-order valence-corrected chi connectivity index (χ2v) is 2.80. The van der Waals surface area contributed by atoms with Crippen molar-refractivity contribution in [3.05, 3.63) is 0 Å². The van der Waals surface area contributed by atoms with Crippen molar-refractivity contribution in [2.24, 2.45) is 5.92 Å². The smallest absolute Gasteiger partial charge is 0.306 e. The Labute approximate surface area is 72.2 Å². The summed E-state index contributed by atoms with van der Waals surface area (Å²) < 4.78 is 4.64. The maximum Gasteiger partial charge on any atom is 0.306 e. The molecule has 0 bridgehead atoms. The average Bonchev–Trinajstić information content (AvgIpc) is 2.00. The fourth-order valence-corrected chi connectivity index (χ4v) is 0.697. The zero-order valence-electron chi connectivity index (χ0n) is 6.62. The number of thiol groups is 1. The average molecular weight is 178 g/mol. The van der Waals surface area contributed by atoms with Gasteiger partial charge in [-0.05, 0) is 11.7 Å². The Hall–Kier alpha value is -0.220. The first-order chi connectivity index (χ1) is 5.20. The number of hydrogen-bond donors (Lipinski definition) is 2. The Morgan fingerprint density at radius 1 is 1.73 bits per heavy atom. The van der Waals surface area contributed by atoms with Gasteiger partial charge in [0.25, 0.3) is 0 Å². The number of rotatable bonds is 5. The molecular formula is C7H14O3S. The van der Waals surface area contributed by atoms with E-state index in [1.165, 1.54) is 0 Å². The van der Waals surface area contributed by atoms with Gasteiger partial charge in [-0.15, -0.1) is 0 Å². The van der Waals surface area contributed by atoms with Crippen LogP contribution in [0.4, 0.5) is 0 Å². The first-order valence-corrected chi connectivity index (χ1v) is 4.21. The molecule has 0 spiro atoms. The maximum absolute atomic E-state index is 10.8. The van der Waals surface area contributed by atoms with E-state index in [-0.39, 0.29) is 25.1 Å². The molecule has 0 heterocycles. The van der Waals surface area contributed by atoms with Gasteiger partial charge in [-0.1, -0.05) is 6.92 Å². The van der Waals surface area contributed by atoms with Crippen molar-refractivity contribution < 1.29 is 14.6 Å². The van der Waals surface area contributed by atoms with Crippen molar-refractivity contribution >= 4 is 18.6 Å². The van der Waals surface area contributed by atoms with E-state index < -0.39 is 0 Å². The third-order valence-electron chi connectivity index (χ3n) is 1.18. The topological polar surface area (TPSA) is 46.5 Å². The van der Waals surface area contributed by atoms with E-state index >= 15 is 0 Å². The standard InChI is InChI=1S/C7H14O3S/c1-6(5-11)4-7(9)10-3-2-8/h6,8,11H,2-5H2,1H3. The van der Waals surface area contributed by atoms with Gasteiger partial charge >= 0.3 is 5.97 Å². The van der Waals surface area contributed by atoms with Crippen molar-refractivity contribution in [3.8, 4) is 0 Å². The molecule has 66 valence electrons. The minimum atomic E-state index is -0.263. The number of ether oxygens (including phenoxy) is 1. The van der Waals surface area contributed by atoms with Crippen LogP contribution in [0.3, 0.4) is 0 Å². The van der Waals surface area contributed by atoms with Gasteiger partial charge in [0.05, 0.1) is 6.61 Å². The third kappa shape index (κ3) is 6.19. The Kier molecular flexibility index (Phi) is 6.36. The SMILES string of the molecule is CC(CS)CC(=O)OCCO. The van der Waals surface area contributed by atoms with Crippen LogP contribution in [0, 0.1) is 5.92 Å². The summed E-state index contributed by atoms with van der Waals surface area (Å²) in [4.78, 5) is 10.8. The maximum atomic E-state index is 10.8. The monoisotopic (exact) mass is 178 g/mol. The first kappa shape index (κ1) is 10.8. The van der Waals surface area contributed by atoms with Crippen LogP contribution >= 0.6 is 12.6 Å². The van der Waals surface area contributed by atoms with Gasteiger partial charge in [0.1, 0.15) is 6.61 Å². The summed E-state index contributed by atoms with van der Waals surface area (Å²) in [6, 6.07) is 0. The van der Waals surface area contributed by atoms with E-state index in [1.807, 2.05) is 6.92 Å². The second-order valence-electron chi connectivity index (χ2n) is 2.44. The third-order valence-corrected chi connectivity index (χ3v) is 1.80. The summed E-state index contributed by atoms with van der Waals surface area (Å²) >= 11 is 4.02. The van der Waals surface area contributed by atoms with Gasteiger partial charge < -0.3 is 9.84 Å². The van der Waals surface area contributed by atoms with E-state index in [9.17, 15) is 4.79 Å². The number of aliphatic hydroxyl groups is 1. The Bertz CT molecular complexity index is 116. The molecule has 1 unspecified atom stereocenters. The van der Waals surface area contributed by atoms with Gasteiger partial charge in [0.15, 0.2) is 0 Å². The highest BCUT2D eigenvalue weighted by atomic mass is 32.1. The fraction of sp³-hybridized carbons (Fsp3) is 0.857. The van der Waals surface area contributed by atoms with Crippen LogP contribution in [0.1, 0.15) is 13.3 Å². The van der Waals surface area contributed by atoms with E-state index in [0.717, 1.165) is 0 Å². The van der Waals surface area contributed by atoms with Gasteiger partial charge in [0, 0.05) is 6.42 Å². The molecule has 0 fully saturated rings. The van der Waals surface area contributed by atoms with Crippen LogP contribution in [0.25, 0.3) is 0 Å². The summed E-state index contributed by atoms with van der Waals surface area (Å²) in [7, 11) is 0. The van der Waals surface area contributed by atoms with E-state index in [0.29, 0.717) is 12.2 Å². The summed E-state index contributed by atoms with van der Waals surface area (Å²) in [6.07, 6.45) is 0.378. The van der Waals surface area contributed by atoms with E-state index in [1.54, 1.807) is 0 Å². The van der Waals surface area contributed by atoms with Gasteiger partial charge in [0.2, 0.25) is 0 Å². The van der Waals surface area contributed by atoms with Crippen molar-refractivity contribution in [2.45, 2.75) is 13.3 Å². The Balaban J connectivity index is 3.36. The minimum Gasteiger partial charge on any atom is -0.463 e. The summed E-state index contributed by atoms with van der Waals surface area (Å²) in [5.74, 6) is 0.652. The van der Waals surface area contributed by atoms with Gasteiger partial charge in [-0.2, -0.15) is 12.6 Å². The molecule has 0 aromatic heterocycles. The molecule has 4 heteroatoms. The van der Waals surface area contributed by atoms with Crippen LogP contribution in [-0.4, -0.2) is 30.0 Å². The molecule has 1 N–H and O–H groups in total. The molecule has 0 rings (SSSR count). The quantitative estimate of drug-likeness (QED) is 0.475. The number of carbonyl (C=O) groups is 1. The molecule has 0 radical (unpaired) electrons. The Morgan fingerprint density at radius 3 is 2.82 bits per heavy atom. The molecule has 0 aliphatic heterocycles. The van der Waals surface area contributed by atoms with Crippen molar-refractivity contribution in [1.29, 1.82) is 0 Å². The summed E-state index contributed by atoms with van der Waals surface area (Å²) in [5.41, 5.74) is 0. The van der Waals surface area contributed by atoms with Gasteiger partial charge in [-0.3, -0.25) is 4.79 Å². The lowest BCUT2D eigenvalue weighted by Gasteiger charge is -2.06. The molecule has 3 nitrogen and oxygen atoms in total. The Morgan fingerprint density at radius 2 is 2.36 bits per heavy atom. The lowest BCUT2D eigenvalue weighted by Crippen LogP contribution is -2.12. The first-order valence-electron chi connectivity index (χ1n) is 3.58. The number of carbonyl (C=O) groups excluding carboxylic acids is 1. The lowest BCUT2D eigenvalue weighted by molar-refractivity contribution is -0.145. The van der Waals surface area contributed by atoms with Crippen LogP contribution in [0.15, 0.2) is 0 Å². The molecule has 0 aliphatic carbocycles. The van der Waals surface area contributed by atoms with E-state index in [2.05, 4.69) is 17.4 Å². The molecule has 0 aliphatic rings. The normalized spacial score (nSPS) is 12.6. The second kappa shape index (κ2) is 6.49. The molecule has 0 saturated carbocycles. The summed E-state index contributed by atoms with van der Waals surface area (Å²) in [6.45, 7) is 1.91. The lowest BCUT2D eigenvalue weighted by atomic mass is 10.1. The molecule has 1 atom stereocenters. The van der Waals surface area contributed by atoms with Crippen LogP contribution < -0.4 is 0 Å². The van der Waals surface area contributed by atoms with Crippen LogP contribution in [0.5, 0.6) is 0 Å². The van der Waals surface area contributed by atoms with Crippen molar-refractivity contribution in [2.75, 3.05) is 19.0 Å². The van der Waals surface area contributed by atoms with Crippen molar-refractivity contribution in [3.63, 3.8) is 0 Å².